The monoisotopic (exact) mass is 295 g/mol. The largest absolute Gasteiger partial charge is 0.298 e. The van der Waals surface area contributed by atoms with Gasteiger partial charge in [-0.1, -0.05) is 77.1 Å². The molecule has 0 saturated heterocycles. The van der Waals surface area contributed by atoms with Gasteiger partial charge in [0.05, 0.1) is 8.07 Å². The molecule has 0 saturated carbocycles. The molecule has 2 heteroatoms. The van der Waals surface area contributed by atoms with Crippen LogP contribution < -0.4 is 0 Å². The lowest BCUT2D eigenvalue weighted by Crippen LogP contribution is -2.23. The van der Waals surface area contributed by atoms with E-state index in [-0.39, 0.29) is 0 Å². The topological polar surface area (TPSA) is 12.4 Å². The molecule has 0 rings (SSSR count). The van der Waals surface area contributed by atoms with E-state index >= 15 is 0 Å². The van der Waals surface area contributed by atoms with Gasteiger partial charge in [0.2, 0.25) is 0 Å². The zero-order chi connectivity index (χ0) is 15.1. The summed E-state index contributed by atoms with van der Waals surface area (Å²) in [5.41, 5.74) is 0. The van der Waals surface area contributed by atoms with Gasteiger partial charge >= 0.3 is 0 Å². The number of unbranched alkanes of at least 4 members (excludes halogenated alkanes) is 7. The molecule has 0 aliphatic rings. The van der Waals surface area contributed by atoms with Gasteiger partial charge in [0.15, 0.2) is 0 Å². The highest BCUT2D eigenvalue weighted by molar-refractivity contribution is 6.77. The maximum absolute atomic E-state index is 4.55. The summed E-state index contributed by atoms with van der Waals surface area (Å²) in [5.74, 6) is 0. The SMILES string of the molecule is C=CC[Si](C)(C)CCC=NCCCCCCCCCC. The summed E-state index contributed by atoms with van der Waals surface area (Å²) in [4.78, 5) is 4.55. The Morgan fingerprint density at radius 2 is 1.55 bits per heavy atom. The first kappa shape index (κ1) is 19.6. The predicted octanol–water partition coefficient (Wildman–Crippen LogP) is 6.48. The lowest BCUT2D eigenvalue weighted by atomic mass is 10.1. The molecule has 0 atom stereocenters. The molecule has 20 heavy (non-hydrogen) atoms. The molecule has 1 nitrogen and oxygen atoms in total. The van der Waals surface area contributed by atoms with Gasteiger partial charge in [-0.2, -0.15) is 0 Å². The number of rotatable bonds is 14. The van der Waals surface area contributed by atoms with Crippen molar-refractivity contribution in [2.45, 2.75) is 89.9 Å². The second-order valence-electron chi connectivity index (χ2n) is 6.76. The van der Waals surface area contributed by atoms with Crippen molar-refractivity contribution >= 4 is 14.3 Å². The third kappa shape index (κ3) is 14.0. The maximum atomic E-state index is 4.55. The van der Waals surface area contributed by atoms with Crippen molar-refractivity contribution in [3.05, 3.63) is 12.7 Å². The van der Waals surface area contributed by atoms with Gasteiger partial charge in [-0.25, -0.2) is 0 Å². The quantitative estimate of drug-likeness (QED) is 0.150. The van der Waals surface area contributed by atoms with Crippen molar-refractivity contribution in [2.75, 3.05) is 6.54 Å². The first-order valence-corrected chi connectivity index (χ1v) is 12.1. The molecule has 0 radical (unpaired) electrons. The van der Waals surface area contributed by atoms with Crippen LogP contribution in [0.5, 0.6) is 0 Å². The molecule has 118 valence electrons. The highest BCUT2D eigenvalue weighted by Crippen LogP contribution is 2.16. The standard InChI is InChI=1S/C18H37NSi/c1-5-7-8-9-10-11-12-13-15-19-16-14-18-20(3,4)17-6-2/h6,16H,2,5,7-15,17-18H2,1,3-4H3. The minimum Gasteiger partial charge on any atom is -0.298 e. The maximum Gasteiger partial charge on any atom is 0.0514 e. The minimum absolute atomic E-state index is 1.01. The molecule has 0 aromatic heterocycles. The number of hydrogen-bond acceptors (Lipinski definition) is 1. The molecule has 0 amide bonds. The molecule has 0 heterocycles. The van der Waals surface area contributed by atoms with E-state index in [9.17, 15) is 0 Å². The number of nitrogens with zero attached hydrogens (tertiary/aromatic N) is 1. The average molecular weight is 296 g/mol. The van der Waals surface area contributed by atoms with E-state index in [1.165, 1.54) is 69.9 Å². The lowest BCUT2D eigenvalue weighted by Gasteiger charge is -2.18. The summed E-state index contributed by atoms with van der Waals surface area (Å²) in [6.45, 7) is 12.1. The summed E-state index contributed by atoms with van der Waals surface area (Å²) in [6.07, 6.45) is 16.5. The first-order chi connectivity index (χ1) is 9.62. The molecule has 0 aliphatic carbocycles. The highest BCUT2D eigenvalue weighted by atomic mass is 28.3. The van der Waals surface area contributed by atoms with E-state index in [0.717, 1.165) is 6.54 Å². The molecular formula is C18H37NSi. The highest BCUT2D eigenvalue weighted by Gasteiger charge is 2.16. The van der Waals surface area contributed by atoms with Gasteiger partial charge < -0.3 is 0 Å². The van der Waals surface area contributed by atoms with Crippen LogP contribution in [0.2, 0.25) is 25.2 Å². The Balaban J connectivity index is 3.30. The van der Waals surface area contributed by atoms with E-state index in [0.29, 0.717) is 0 Å². The van der Waals surface area contributed by atoms with Crippen LogP contribution in [0.15, 0.2) is 17.6 Å². The van der Waals surface area contributed by atoms with Crippen molar-refractivity contribution in [1.29, 1.82) is 0 Å². The Morgan fingerprint density at radius 1 is 0.950 bits per heavy atom. The number of aliphatic imine (C=N–C) groups is 1. The number of allylic oxidation sites excluding steroid dienone is 1. The van der Waals surface area contributed by atoms with Gasteiger partial charge in [-0.3, -0.25) is 4.99 Å². The summed E-state index contributed by atoms with van der Waals surface area (Å²) >= 11 is 0. The Labute approximate surface area is 129 Å². The van der Waals surface area contributed by atoms with Gasteiger partial charge in [0, 0.05) is 6.54 Å². The Hall–Kier alpha value is -0.373. The van der Waals surface area contributed by atoms with Crippen LogP contribution in [-0.2, 0) is 0 Å². The van der Waals surface area contributed by atoms with E-state index in [2.05, 4.69) is 43.9 Å². The van der Waals surface area contributed by atoms with Crippen molar-refractivity contribution < 1.29 is 0 Å². The van der Waals surface area contributed by atoms with Crippen LogP contribution in [0.25, 0.3) is 0 Å². The number of hydrogen-bond donors (Lipinski definition) is 0. The second-order valence-corrected chi connectivity index (χ2v) is 12.0. The van der Waals surface area contributed by atoms with Gasteiger partial charge in [0.1, 0.15) is 0 Å². The zero-order valence-electron chi connectivity index (χ0n) is 14.3. The smallest absolute Gasteiger partial charge is 0.0514 e. The molecule has 0 fully saturated rings. The normalized spacial score (nSPS) is 12.2. The first-order valence-electron chi connectivity index (χ1n) is 8.71. The summed E-state index contributed by atoms with van der Waals surface area (Å²) in [5, 5.41) is 0. The predicted molar refractivity (Wildman–Crippen MR) is 97.9 cm³/mol. The van der Waals surface area contributed by atoms with Crippen molar-refractivity contribution in [1.82, 2.24) is 0 Å². The summed E-state index contributed by atoms with van der Waals surface area (Å²) < 4.78 is 0. The van der Waals surface area contributed by atoms with Crippen LogP contribution in [0, 0.1) is 0 Å². The Bertz CT molecular complexity index is 246. The van der Waals surface area contributed by atoms with Crippen molar-refractivity contribution in [2.24, 2.45) is 4.99 Å². The van der Waals surface area contributed by atoms with Crippen LogP contribution >= 0.6 is 0 Å². The minimum atomic E-state index is -1.01. The fourth-order valence-electron chi connectivity index (χ4n) is 2.47. The molecule has 0 unspecified atom stereocenters. The molecule has 0 aromatic carbocycles. The fourth-order valence-corrected chi connectivity index (χ4v) is 4.36. The third-order valence-electron chi connectivity index (χ3n) is 3.92. The molecule has 0 N–H and O–H groups in total. The van der Waals surface area contributed by atoms with Gasteiger partial charge in [-0.05, 0) is 25.1 Å². The average Bonchev–Trinajstić information content (AvgIpc) is 2.40. The summed E-state index contributed by atoms with van der Waals surface area (Å²) in [7, 11) is -1.01. The molecule has 0 spiro atoms. The fraction of sp³-hybridized carbons (Fsp3) is 0.833. The zero-order valence-corrected chi connectivity index (χ0v) is 15.3. The molecule has 0 aromatic rings. The van der Waals surface area contributed by atoms with Crippen LogP contribution in [-0.4, -0.2) is 20.8 Å². The van der Waals surface area contributed by atoms with Crippen molar-refractivity contribution in [3.63, 3.8) is 0 Å². The third-order valence-corrected chi connectivity index (χ3v) is 6.95. The van der Waals surface area contributed by atoms with Crippen LogP contribution in [0.4, 0.5) is 0 Å². The van der Waals surface area contributed by atoms with Gasteiger partial charge in [-0.15, -0.1) is 6.58 Å². The van der Waals surface area contributed by atoms with E-state index in [1.54, 1.807) is 0 Å². The van der Waals surface area contributed by atoms with E-state index in [1.807, 2.05) is 0 Å². The van der Waals surface area contributed by atoms with E-state index in [4.69, 9.17) is 0 Å². The van der Waals surface area contributed by atoms with Gasteiger partial charge in [0.25, 0.3) is 0 Å². The Morgan fingerprint density at radius 3 is 2.15 bits per heavy atom. The van der Waals surface area contributed by atoms with E-state index < -0.39 is 8.07 Å². The molecule has 0 aliphatic heterocycles. The molecule has 0 bridgehead atoms. The van der Waals surface area contributed by atoms with Crippen molar-refractivity contribution in [3.8, 4) is 0 Å². The van der Waals surface area contributed by atoms with Crippen LogP contribution in [0.1, 0.15) is 64.7 Å². The lowest BCUT2D eigenvalue weighted by molar-refractivity contribution is 0.578. The van der Waals surface area contributed by atoms with Crippen LogP contribution in [0.3, 0.4) is 0 Å². The second kappa shape index (κ2) is 13.6. The molecular weight excluding hydrogens is 258 g/mol. The Kier molecular flexibility index (Phi) is 13.3. The summed E-state index contributed by atoms with van der Waals surface area (Å²) in [6, 6.07) is 2.58.